The summed E-state index contributed by atoms with van der Waals surface area (Å²) in [5, 5.41) is 0. The van der Waals surface area contributed by atoms with Crippen LogP contribution in [-0.4, -0.2) is 56.5 Å². The Kier molecular flexibility index (Phi) is 5.46. The molecule has 0 unspecified atom stereocenters. The number of anilines is 1. The molecule has 5 nitrogen and oxygen atoms in total. The highest BCUT2D eigenvalue weighted by molar-refractivity contribution is 5.97. The van der Waals surface area contributed by atoms with Crippen molar-refractivity contribution >= 4 is 17.4 Å². The van der Waals surface area contributed by atoms with Crippen LogP contribution in [0.3, 0.4) is 0 Å². The van der Waals surface area contributed by atoms with E-state index in [1.807, 2.05) is 48.5 Å². The molecule has 0 aromatic heterocycles. The van der Waals surface area contributed by atoms with Crippen LogP contribution in [0.2, 0.25) is 0 Å². The topological polar surface area (TPSA) is 49.9 Å². The monoisotopic (exact) mass is 338 g/mol. The fourth-order valence-corrected chi connectivity index (χ4v) is 3.10. The molecule has 0 bridgehead atoms. The van der Waals surface area contributed by atoms with Crippen LogP contribution in [0.15, 0.2) is 54.6 Å². The Morgan fingerprint density at radius 3 is 2.24 bits per heavy atom. The van der Waals surface area contributed by atoms with E-state index in [1.54, 1.807) is 6.07 Å². The lowest BCUT2D eigenvalue weighted by atomic mass is 10.1. The summed E-state index contributed by atoms with van der Waals surface area (Å²) in [6.45, 7) is 3.55. The van der Waals surface area contributed by atoms with Gasteiger partial charge in [-0.05, 0) is 12.1 Å². The minimum atomic E-state index is -0.322. The number of para-hydroxylation sites is 1. The molecule has 1 aliphatic heterocycles. The average Bonchev–Trinajstić information content (AvgIpc) is 2.68. The second-order valence-electron chi connectivity index (χ2n) is 6.06. The van der Waals surface area contributed by atoms with Crippen LogP contribution in [0, 0.1) is 0 Å². The van der Waals surface area contributed by atoms with Crippen molar-refractivity contribution < 1.29 is 14.3 Å². The summed E-state index contributed by atoms with van der Waals surface area (Å²) in [5.41, 5.74) is 2.23. The molecular formula is C20H22N2O3. The first-order valence-electron chi connectivity index (χ1n) is 8.42. The molecule has 0 N–H and O–H groups in total. The number of carbonyl (C=O) groups excluding carboxylic acids is 2. The summed E-state index contributed by atoms with van der Waals surface area (Å²) in [5.74, 6) is -0.179. The second kappa shape index (κ2) is 7.94. The first-order valence-corrected chi connectivity index (χ1v) is 8.42. The molecule has 130 valence electrons. The SMILES string of the molecule is COC(=O)c1ccccc1N1CCN(CC(=O)c2ccccc2)CC1. The Morgan fingerprint density at radius 2 is 1.56 bits per heavy atom. The van der Waals surface area contributed by atoms with Gasteiger partial charge in [-0.3, -0.25) is 9.69 Å². The normalized spacial score (nSPS) is 15.0. The maximum absolute atomic E-state index is 12.3. The number of methoxy groups -OCH3 is 1. The molecule has 3 rings (SSSR count). The molecule has 1 aliphatic rings. The minimum Gasteiger partial charge on any atom is -0.465 e. The molecule has 0 radical (unpaired) electrons. The number of benzene rings is 2. The van der Waals surface area contributed by atoms with E-state index in [1.165, 1.54) is 7.11 Å². The van der Waals surface area contributed by atoms with Gasteiger partial charge in [-0.2, -0.15) is 0 Å². The quantitative estimate of drug-likeness (QED) is 0.619. The molecule has 1 heterocycles. The maximum atomic E-state index is 12.3. The third-order valence-electron chi connectivity index (χ3n) is 4.49. The van der Waals surface area contributed by atoms with Gasteiger partial charge < -0.3 is 9.64 Å². The lowest BCUT2D eigenvalue weighted by Gasteiger charge is -2.36. The first-order chi connectivity index (χ1) is 12.2. The molecule has 0 amide bonds. The van der Waals surface area contributed by atoms with Crippen LogP contribution < -0.4 is 4.90 Å². The van der Waals surface area contributed by atoms with Gasteiger partial charge >= 0.3 is 5.97 Å². The highest BCUT2D eigenvalue weighted by Gasteiger charge is 2.23. The number of piperazine rings is 1. The molecule has 5 heteroatoms. The van der Waals surface area contributed by atoms with Crippen molar-refractivity contribution in [2.24, 2.45) is 0 Å². The highest BCUT2D eigenvalue weighted by atomic mass is 16.5. The number of rotatable bonds is 5. The maximum Gasteiger partial charge on any atom is 0.339 e. The number of hydrogen-bond acceptors (Lipinski definition) is 5. The van der Waals surface area contributed by atoms with Crippen LogP contribution in [0.25, 0.3) is 0 Å². The summed E-state index contributed by atoms with van der Waals surface area (Å²) < 4.78 is 4.87. The molecule has 1 saturated heterocycles. The van der Waals surface area contributed by atoms with Gasteiger partial charge in [0.1, 0.15) is 0 Å². The highest BCUT2D eigenvalue weighted by Crippen LogP contribution is 2.22. The predicted octanol–water partition coefficient (Wildman–Crippen LogP) is 2.48. The van der Waals surface area contributed by atoms with Gasteiger partial charge in [0.25, 0.3) is 0 Å². The number of hydrogen-bond donors (Lipinski definition) is 0. The Morgan fingerprint density at radius 1 is 0.920 bits per heavy atom. The predicted molar refractivity (Wildman–Crippen MR) is 97.2 cm³/mol. The van der Waals surface area contributed by atoms with Gasteiger partial charge in [-0.1, -0.05) is 42.5 Å². The van der Waals surface area contributed by atoms with Crippen LogP contribution in [-0.2, 0) is 4.74 Å². The number of esters is 1. The molecule has 25 heavy (non-hydrogen) atoms. The summed E-state index contributed by atoms with van der Waals surface area (Å²) in [4.78, 5) is 28.6. The van der Waals surface area contributed by atoms with E-state index >= 15 is 0 Å². The lowest BCUT2D eigenvalue weighted by molar-refractivity contribution is 0.0601. The Balaban J connectivity index is 1.61. The van der Waals surface area contributed by atoms with Gasteiger partial charge in [0.15, 0.2) is 5.78 Å². The van der Waals surface area contributed by atoms with Gasteiger partial charge in [0.2, 0.25) is 0 Å². The van der Waals surface area contributed by atoms with E-state index in [0.717, 1.165) is 37.4 Å². The van der Waals surface area contributed by atoms with Crippen molar-refractivity contribution in [1.29, 1.82) is 0 Å². The molecule has 2 aromatic rings. The van der Waals surface area contributed by atoms with Crippen molar-refractivity contribution in [1.82, 2.24) is 4.90 Å². The zero-order chi connectivity index (χ0) is 17.6. The van der Waals surface area contributed by atoms with Crippen LogP contribution in [0.1, 0.15) is 20.7 Å². The van der Waals surface area contributed by atoms with Gasteiger partial charge in [-0.15, -0.1) is 0 Å². The Bertz CT molecular complexity index is 738. The number of Topliss-reactive ketones (excluding diaryl/α,β-unsaturated/α-hetero) is 1. The number of ketones is 1. The zero-order valence-corrected chi connectivity index (χ0v) is 14.4. The van der Waals surface area contributed by atoms with Crippen molar-refractivity contribution in [2.45, 2.75) is 0 Å². The molecule has 2 aromatic carbocycles. The van der Waals surface area contributed by atoms with E-state index in [0.29, 0.717) is 12.1 Å². The fourth-order valence-electron chi connectivity index (χ4n) is 3.10. The van der Waals surface area contributed by atoms with Crippen LogP contribution in [0.4, 0.5) is 5.69 Å². The molecule has 1 fully saturated rings. The Hall–Kier alpha value is -2.66. The van der Waals surface area contributed by atoms with Crippen molar-refractivity contribution in [3.8, 4) is 0 Å². The molecule has 0 aliphatic carbocycles. The van der Waals surface area contributed by atoms with Crippen molar-refractivity contribution in [3.05, 3.63) is 65.7 Å². The minimum absolute atomic E-state index is 0.143. The number of ether oxygens (including phenoxy) is 1. The van der Waals surface area contributed by atoms with E-state index in [2.05, 4.69) is 9.80 Å². The molecular weight excluding hydrogens is 316 g/mol. The second-order valence-corrected chi connectivity index (χ2v) is 6.06. The van der Waals surface area contributed by atoms with Gasteiger partial charge in [0.05, 0.1) is 24.9 Å². The summed E-state index contributed by atoms with van der Waals surface area (Å²) >= 11 is 0. The van der Waals surface area contributed by atoms with Crippen LogP contribution in [0.5, 0.6) is 0 Å². The van der Waals surface area contributed by atoms with Gasteiger partial charge in [-0.25, -0.2) is 4.79 Å². The van der Waals surface area contributed by atoms with E-state index in [-0.39, 0.29) is 11.8 Å². The number of nitrogens with zero attached hydrogens (tertiary/aromatic N) is 2. The third kappa shape index (κ3) is 4.06. The summed E-state index contributed by atoms with van der Waals surface area (Å²) in [6.07, 6.45) is 0. The standard InChI is InChI=1S/C20H22N2O3/c1-25-20(24)17-9-5-6-10-18(17)22-13-11-21(12-14-22)15-19(23)16-7-3-2-4-8-16/h2-10H,11-15H2,1H3. The molecule has 0 saturated carbocycles. The molecule has 0 atom stereocenters. The third-order valence-corrected chi connectivity index (χ3v) is 4.49. The summed E-state index contributed by atoms with van der Waals surface area (Å²) in [7, 11) is 1.40. The van der Waals surface area contributed by atoms with E-state index < -0.39 is 0 Å². The van der Waals surface area contributed by atoms with Crippen molar-refractivity contribution in [3.63, 3.8) is 0 Å². The molecule has 0 spiro atoms. The van der Waals surface area contributed by atoms with Crippen molar-refractivity contribution in [2.75, 3.05) is 44.7 Å². The van der Waals surface area contributed by atoms with Gasteiger partial charge in [0, 0.05) is 31.7 Å². The fraction of sp³-hybridized carbons (Fsp3) is 0.300. The van der Waals surface area contributed by atoms with E-state index in [9.17, 15) is 9.59 Å². The lowest BCUT2D eigenvalue weighted by Crippen LogP contribution is -2.48. The zero-order valence-electron chi connectivity index (χ0n) is 14.4. The van der Waals surface area contributed by atoms with E-state index in [4.69, 9.17) is 4.74 Å². The largest absolute Gasteiger partial charge is 0.465 e. The Labute approximate surface area is 147 Å². The van der Waals surface area contributed by atoms with Crippen LogP contribution >= 0.6 is 0 Å². The summed E-state index contributed by atoms with van der Waals surface area (Å²) in [6, 6.07) is 16.9. The number of carbonyl (C=O) groups is 2. The first kappa shape index (κ1) is 17.2. The average molecular weight is 338 g/mol. The smallest absolute Gasteiger partial charge is 0.339 e.